The zero-order valence-corrected chi connectivity index (χ0v) is 23.4. The third kappa shape index (κ3) is 7.53. The van der Waals surface area contributed by atoms with Gasteiger partial charge >= 0.3 is 0 Å². The quantitative estimate of drug-likeness (QED) is 0.192. The second-order valence-corrected chi connectivity index (χ2v) is 11.7. The van der Waals surface area contributed by atoms with E-state index in [1.807, 2.05) is 43.3 Å². The molecule has 0 saturated heterocycles. The summed E-state index contributed by atoms with van der Waals surface area (Å²) < 4.78 is 47.1. The van der Waals surface area contributed by atoms with Gasteiger partial charge in [-0.25, -0.2) is 12.8 Å². The van der Waals surface area contributed by atoms with Crippen molar-refractivity contribution >= 4 is 50.7 Å². The molecular weight excluding hydrogens is 559 g/mol. The predicted molar refractivity (Wildman–Crippen MR) is 155 cm³/mol. The van der Waals surface area contributed by atoms with Gasteiger partial charge in [-0.1, -0.05) is 35.9 Å². The Morgan fingerprint density at radius 3 is 2.28 bits per heavy atom. The fraction of sp³-hybridized carbons (Fsp3) is 0.138. The second kappa shape index (κ2) is 13.0. The van der Waals surface area contributed by atoms with Crippen LogP contribution < -0.4 is 14.4 Å². The molecule has 0 aromatic heterocycles. The van der Waals surface area contributed by atoms with Crippen LogP contribution in [0.25, 0.3) is 0 Å². The number of para-hydroxylation sites is 1. The van der Waals surface area contributed by atoms with Crippen LogP contribution in [0.15, 0.2) is 107 Å². The summed E-state index contributed by atoms with van der Waals surface area (Å²) in [5, 5.41) is 3.51. The van der Waals surface area contributed by atoms with Crippen molar-refractivity contribution in [2.24, 2.45) is 0 Å². The second-order valence-electron chi connectivity index (χ2n) is 8.35. The highest BCUT2D eigenvalue weighted by atomic mass is 35.5. The van der Waals surface area contributed by atoms with E-state index in [9.17, 15) is 17.6 Å². The van der Waals surface area contributed by atoms with Crippen LogP contribution in [0.2, 0.25) is 5.02 Å². The van der Waals surface area contributed by atoms with Crippen molar-refractivity contribution in [3.8, 4) is 5.75 Å². The van der Waals surface area contributed by atoms with Gasteiger partial charge in [0.1, 0.15) is 18.1 Å². The van der Waals surface area contributed by atoms with Gasteiger partial charge in [0, 0.05) is 15.7 Å². The maximum atomic E-state index is 13.6. The molecule has 0 atom stereocenters. The third-order valence-electron chi connectivity index (χ3n) is 5.59. The number of nitrogens with zero attached hydrogens (tertiary/aromatic N) is 1. The average molecular weight is 585 g/mol. The molecule has 0 aliphatic rings. The number of ether oxygens (including phenoxy) is 1. The molecule has 0 spiro atoms. The van der Waals surface area contributed by atoms with Crippen molar-refractivity contribution in [3.05, 3.63) is 113 Å². The molecule has 10 heteroatoms. The summed E-state index contributed by atoms with van der Waals surface area (Å²) in [6.07, 6.45) is 0. The normalized spacial score (nSPS) is 11.2. The van der Waals surface area contributed by atoms with Gasteiger partial charge in [-0.2, -0.15) is 0 Å². The standard InChI is InChI=1S/C29H26ClFN2O4S2/c1-2-37-25-15-13-24(14-16-25)33(39(35,36)26-17-11-23(31)12-18-26)19-29(34)32-27-5-3-4-6-28(27)38-20-21-7-9-22(30)10-8-21/h3-18H,2,19-20H2,1H3,(H,32,34). The first-order valence-electron chi connectivity index (χ1n) is 12.0. The van der Waals surface area contributed by atoms with E-state index in [2.05, 4.69) is 5.32 Å². The molecule has 0 heterocycles. The number of amides is 1. The molecule has 0 unspecified atom stereocenters. The van der Waals surface area contributed by atoms with Gasteiger partial charge in [0.15, 0.2) is 0 Å². The number of carbonyl (C=O) groups excluding carboxylic acids is 1. The van der Waals surface area contributed by atoms with E-state index in [-0.39, 0.29) is 10.6 Å². The fourth-order valence-electron chi connectivity index (χ4n) is 3.68. The van der Waals surface area contributed by atoms with Crippen LogP contribution in [0.4, 0.5) is 15.8 Å². The summed E-state index contributed by atoms with van der Waals surface area (Å²) in [6.45, 7) is 1.80. The number of carbonyl (C=O) groups is 1. The molecule has 202 valence electrons. The van der Waals surface area contributed by atoms with Gasteiger partial charge < -0.3 is 10.1 Å². The molecule has 1 amide bonds. The first-order valence-corrected chi connectivity index (χ1v) is 14.8. The predicted octanol–water partition coefficient (Wildman–Crippen LogP) is 7.00. The number of thioether (sulfide) groups is 1. The minimum Gasteiger partial charge on any atom is -0.494 e. The highest BCUT2D eigenvalue weighted by molar-refractivity contribution is 7.98. The number of anilines is 2. The summed E-state index contributed by atoms with van der Waals surface area (Å²) in [6, 6.07) is 25.7. The van der Waals surface area contributed by atoms with E-state index >= 15 is 0 Å². The Hall–Kier alpha value is -3.53. The number of hydrogen-bond acceptors (Lipinski definition) is 5. The summed E-state index contributed by atoms with van der Waals surface area (Å²) in [5.41, 5.74) is 1.90. The lowest BCUT2D eigenvalue weighted by Gasteiger charge is -2.24. The topological polar surface area (TPSA) is 75.7 Å². The molecule has 6 nitrogen and oxygen atoms in total. The van der Waals surface area contributed by atoms with Crippen molar-refractivity contribution in [1.29, 1.82) is 0 Å². The molecule has 0 saturated carbocycles. The molecule has 1 N–H and O–H groups in total. The monoisotopic (exact) mass is 584 g/mol. The Balaban J connectivity index is 1.56. The number of nitrogens with one attached hydrogen (secondary N) is 1. The molecule has 39 heavy (non-hydrogen) atoms. The van der Waals surface area contributed by atoms with Crippen LogP contribution in [0, 0.1) is 5.82 Å². The Morgan fingerprint density at radius 1 is 0.949 bits per heavy atom. The maximum absolute atomic E-state index is 13.6. The highest BCUT2D eigenvalue weighted by Gasteiger charge is 2.27. The Labute approximate surface area is 236 Å². The lowest BCUT2D eigenvalue weighted by atomic mass is 10.2. The average Bonchev–Trinajstić information content (AvgIpc) is 2.93. The van der Waals surface area contributed by atoms with Gasteiger partial charge in [0.2, 0.25) is 5.91 Å². The molecule has 0 radical (unpaired) electrons. The van der Waals surface area contributed by atoms with Crippen LogP contribution in [0.5, 0.6) is 5.75 Å². The Kier molecular flexibility index (Phi) is 9.50. The smallest absolute Gasteiger partial charge is 0.264 e. The van der Waals surface area contributed by atoms with Crippen molar-refractivity contribution in [3.63, 3.8) is 0 Å². The fourth-order valence-corrected chi connectivity index (χ4v) is 6.19. The minimum absolute atomic E-state index is 0.135. The van der Waals surface area contributed by atoms with E-state index in [4.69, 9.17) is 16.3 Å². The van der Waals surface area contributed by atoms with Gasteiger partial charge in [-0.05, 0) is 85.3 Å². The number of sulfonamides is 1. The Morgan fingerprint density at radius 2 is 1.62 bits per heavy atom. The lowest BCUT2D eigenvalue weighted by Crippen LogP contribution is -2.38. The summed E-state index contributed by atoms with van der Waals surface area (Å²) >= 11 is 7.51. The van der Waals surface area contributed by atoms with Crippen molar-refractivity contribution < 1.29 is 22.3 Å². The molecule has 4 aromatic carbocycles. The van der Waals surface area contributed by atoms with Crippen LogP contribution in [-0.2, 0) is 20.6 Å². The van der Waals surface area contributed by atoms with Crippen molar-refractivity contribution in [2.75, 3.05) is 22.8 Å². The van der Waals surface area contributed by atoms with Gasteiger partial charge in [-0.15, -0.1) is 11.8 Å². The first-order chi connectivity index (χ1) is 18.8. The highest BCUT2D eigenvalue weighted by Crippen LogP contribution is 2.31. The molecule has 0 aliphatic carbocycles. The minimum atomic E-state index is -4.19. The molecule has 0 bridgehead atoms. The molecule has 4 aromatic rings. The molecule has 4 rings (SSSR count). The third-order valence-corrected chi connectivity index (χ3v) is 8.78. The molecule has 0 fully saturated rings. The van der Waals surface area contributed by atoms with E-state index in [0.717, 1.165) is 26.9 Å². The van der Waals surface area contributed by atoms with E-state index in [0.29, 0.717) is 28.8 Å². The first kappa shape index (κ1) is 28.5. The van der Waals surface area contributed by atoms with Gasteiger partial charge in [-0.3, -0.25) is 9.10 Å². The summed E-state index contributed by atoms with van der Waals surface area (Å²) in [5.74, 6) is 0.124. The molecule has 0 aliphatic heterocycles. The summed E-state index contributed by atoms with van der Waals surface area (Å²) in [4.78, 5) is 13.9. The largest absolute Gasteiger partial charge is 0.494 e. The SMILES string of the molecule is CCOc1ccc(N(CC(=O)Nc2ccccc2SCc2ccc(Cl)cc2)S(=O)(=O)c2ccc(F)cc2)cc1. The lowest BCUT2D eigenvalue weighted by molar-refractivity contribution is -0.114. The van der Waals surface area contributed by atoms with Gasteiger partial charge in [0.05, 0.1) is 22.9 Å². The van der Waals surface area contributed by atoms with Crippen LogP contribution in [-0.4, -0.2) is 27.5 Å². The zero-order chi connectivity index (χ0) is 27.8. The van der Waals surface area contributed by atoms with Crippen LogP contribution in [0.1, 0.15) is 12.5 Å². The maximum Gasteiger partial charge on any atom is 0.264 e. The van der Waals surface area contributed by atoms with E-state index in [1.54, 1.807) is 36.4 Å². The van der Waals surface area contributed by atoms with Crippen molar-refractivity contribution in [1.82, 2.24) is 0 Å². The number of benzene rings is 4. The van der Waals surface area contributed by atoms with Crippen molar-refractivity contribution in [2.45, 2.75) is 22.5 Å². The van der Waals surface area contributed by atoms with Gasteiger partial charge in [0.25, 0.3) is 10.0 Å². The number of halogens is 2. The zero-order valence-electron chi connectivity index (χ0n) is 21.0. The van der Waals surface area contributed by atoms with Crippen LogP contribution in [0.3, 0.4) is 0 Å². The number of hydrogen-bond donors (Lipinski definition) is 1. The Bertz CT molecular complexity index is 1510. The van der Waals surface area contributed by atoms with E-state index in [1.165, 1.54) is 23.9 Å². The molecular formula is C29H26ClFN2O4S2. The van der Waals surface area contributed by atoms with E-state index < -0.39 is 28.3 Å². The van der Waals surface area contributed by atoms with Crippen LogP contribution >= 0.6 is 23.4 Å². The summed E-state index contributed by atoms with van der Waals surface area (Å²) in [7, 11) is -4.19. The number of rotatable bonds is 11.